The largest absolute Gasteiger partial charge is 0.478 e. The van der Waals surface area contributed by atoms with E-state index in [4.69, 9.17) is 10.2 Å². The van der Waals surface area contributed by atoms with E-state index in [1.165, 1.54) is 17.0 Å². The lowest BCUT2D eigenvalue weighted by Crippen LogP contribution is -2.44. The molecule has 7 nitrogen and oxygen atoms in total. The molecule has 1 unspecified atom stereocenters. The fraction of sp³-hybridized carbons (Fsp3) is 0.357. The van der Waals surface area contributed by atoms with E-state index in [-0.39, 0.29) is 18.0 Å². The van der Waals surface area contributed by atoms with Crippen LogP contribution in [-0.4, -0.2) is 46.2 Å². The fourth-order valence-electron chi connectivity index (χ4n) is 3.05. The first-order valence-corrected chi connectivity index (χ1v) is 6.57. The van der Waals surface area contributed by atoms with Crippen molar-refractivity contribution in [1.82, 2.24) is 4.90 Å². The van der Waals surface area contributed by atoms with Crippen LogP contribution in [0, 0.1) is 5.41 Å². The molecule has 1 spiro atoms. The Bertz CT molecular complexity index is 657. The Morgan fingerprint density at radius 2 is 2.05 bits per heavy atom. The predicted molar refractivity (Wildman–Crippen MR) is 72.4 cm³/mol. The first kappa shape index (κ1) is 13.4. The van der Waals surface area contributed by atoms with Gasteiger partial charge in [-0.25, -0.2) is 9.59 Å². The molecule has 1 aromatic carbocycles. The molecule has 0 aliphatic carbocycles. The van der Waals surface area contributed by atoms with Crippen LogP contribution >= 0.6 is 0 Å². The molecule has 2 aliphatic heterocycles. The van der Waals surface area contributed by atoms with Crippen molar-refractivity contribution in [2.45, 2.75) is 12.8 Å². The number of likely N-dealkylation sites (tertiary alicyclic amines) is 1. The Hall–Kier alpha value is -2.57. The number of carboxylic acids is 1. The van der Waals surface area contributed by atoms with E-state index in [1.807, 2.05) is 0 Å². The smallest absolute Gasteiger partial charge is 0.407 e. The highest BCUT2D eigenvalue weighted by molar-refractivity contribution is 6.00. The van der Waals surface area contributed by atoms with Crippen molar-refractivity contribution < 1.29 is 24.6 Å². The Balaban J connectivity index is 1.92. The van der Waals surface area contributed by atoms with Crippen molar-refractivity contribution in [2.24, 2.45) is 5.41 Å². The minimum atomic E-state index is -1.05. The number of rotatable bonds is 1. The van der Waals surface area contributed by atoms with Crippen LogP contribution in [0.2, 0.25) is 0 Å². The second kappa shape index (κ2) is 4.47. The molecule has 2 aliphatic rings. The number of fused-ring (bicyclic) bond motifs is 1. The summed E-state index contributed by atoms with van der Waals surface area (Å²) < 4.78 is 0. The van der Waals surface area contributed by atoms with E-state index in [0.717, 1.165) is 5.56 Å². The van der Waals surface area contributed by atoms with E-state index in [1.54, 1.807) is 6.07 Å². The number of carbonyl (C=O) groups is 3. The highest BCUT2D eigenvalue weighted by Crippen LogP contribution is 2.41. The number of carbonyl (C=O) groups excluding carboxylic acids is 1. The Labute approximate surface area is 120 Å². The average molecular weight is 290 g/mol. The zero-order valence-electron chi connectivity index (χ0n) is 11.1. The summed E-state index contributed by atoms with van der Waals surface area (Å²) in [4.78, 5) is 35.6. The molecular weight excluding hydrogens is 276 g/mol. The number of hydrogen-bond acceptors (Lipinski definition) is 3. The van der Waals surface area contributed by atoms with Crippen LogP contribution < -0.4 is 5.32 Å². The molecular formula is C14H14N2O5. The van der Waals surface area contributed by atoms with E-state index in [2.05, 4.69) is 5.32 Å². The molecule has 2 amide bonds. The lowest BCUT2D eigenvalue weighted by molar-refractivity contribution is -0.125. The van der Waals surface area contributed by atoms with Gasteiger partial charge in [0.15, 0.2) is 0 Å². The van der Waals surface area contributed by atoms with E-state index in [0.29, 0.717) is 25.1 Å². The maximum absolute atomic E-state index is 12.4. The number of nitrogens with zero attached hydrogens (tertiary/aromatic N) is 1. The highest BCUT2D eigenvalue weighted by Gasteiger charge is 2.48. The third kappa shape index (κ3) is 2.10. The van der Waals surface area contributed by atoms with Gasteiger partial charge in [0.05, 0.1) is 11.0 Å². The fourth-order valence-corrected chi connectivity index (χ4v) is 3.05. The van der Waals surface area contributed by atoms with Gasteiger partial charge in [0, 0.05) is 18.8 Å². The number of benzene rings is 1. The molecule has 1 fully saturated rings. The van der Waals surface area contributed by atoms with Crippen LogP contribution in [0.1, 0.15) is 22.3 Å². The molecule has 3 rings (SSSR count). The summed E-state index contributed by atoms with van der Waals surface area (Å²) in [6.45, 7) is 0.513. The number of amides is 2. The van der Waals surface area contributed by atoms with Gasteiger partial charge in [0.1, 0.15) is 0 Å². The van der Waals surface area contributed by atoms with Crippen LogP contribution in [0.15, 0.2) is 18.2 Å². The number of nitrogens with one attached hydrogen (secondary N) is 1. The monoisotopic (exact) mass is 290 g/mol. The maximum atomic E-state index is 12.4. The summed E-state index contributed by atoms with van der Waals surface area (Å²) in [6.07, 6.45) is -0.116. The highest BCUT2D eigenvalue weighted by atomic mass is 16.4. The van der Waals surface area contributed by atoms with Crippen molar-refractivity contribution in [3.63, 3.8) is 0 Å². The lowest BCUT2D eigenvalue weighted by Gasteiger charge is -2.33. The van der Waals surface area contributed by atoms with Crippen molar-refractivity contribution in [3.05, 3.63) is 29.3 Å². The minimum Gasteiger partial charge on any atom is -0.478 e. The van der Waals surface area contributed by atoms with Crippen molar-refractivity contribution in [1.29, 1.82) is 0 Å². The van der Waals surface area contributed by atoms with E-state index >= 15 is 0 Å². The van der Waals surface area contributed by atoms with Gasteiger partial charge in [0.25, 0.3) is 0 Å². The van der Waals surface area contributed by atoms with Gasteiger partial charge in [0.2, 0.25) is 5.91 Å². The molecule has 1 saturated heterocycles. The topological polar surface area (TPSA) is 107 Å². The number of aromatic carboxylic acids is 1. The molecule has 3 N–H and O–H groups in total. The quantitative estimate of drug-likeness (QED) is 0.721. The van der Waals surface area contributed by atoms with Gasteiger partial charge in [-0.05, 0) is 30.5 Å². The third-order valence-corrected chi connectivity index (χ3v) is 4.24. The molecule has 0 bridgehead atoms. The SMILES string of the molecule is O=C(O)c1ccc2c(c1)NC(=O)C1(CCN(C(=O)O)C1)C2. The minimum absolute atomic E-state index is 0.114. The lowest BCUT2D eigenvalue weighted by atomic mass is 9.77. The molecule has 2 heterocycles. The zero-order chi connectivity index (χ0) is 15.2. The standard InChI is InChI=1S/C14H14N2O5/c17-11(18)8-1-2-9-6-14(12(19)15-10(9)5-8)3-4-16(7-14)13(20)21/h1-2,5H,3-4,6-7H2,(H,15,19)(H,17,18)(H,20,21). The summed E-state index contributed by atoms with van der Waals surface area (Å²) in [5.41, 5.74) is 0.713. The molecule has 1 atom stereocenters. The summed E-state index contributed by atoms with van der Waals surface area (Å²) in [5, 5.41) is 20.7. The summed E-state index contributed by atoms with van der Waals surface area (Å²) >= 11 is 0. The van der Waals surface area contributed by atoms with Crippen LogP contribution in [-0.2, 0) is 11.2 Å². The summed E-state index contributed by atoms with van der Waals surface area (Å²) in [5.74, 6) is -1.29. The molecule has 1 aromatic rings. The predicted octanol–water partition coefficient (Wildman–Crippen LogP) is 1.25. The molecule has 0 radical (unpaired) electrons. The van der Waals surface area contributed by atoms with Gasteiger partial charge in [-0.1, -0.05) is 6.07 Å². The van der Waals surface area contributed by atoms with Gasteiger partial charge in [-0.15, -0.1) is 0 Å². The van der Waals surface area contributed by atoms with Gasteiger partial charge < -0.3 is 20.4 Å². The third-order valence-electron chi connectivity index (χ3n) is 4.24. The Kier molecular flexibility index (Phi) is 2.86. The van der Waals surface area contributed by atoms with Gasteiger partial charge in [-0.3, -0.25) is 4.79 Å². The molecule has 21 heavy (non-hydrogen) atoms. The van der Waals surface area contributed by atoms with Gasteiger partial charge >= 0.3 is 12.1 Å². The first-order chi connectivity index (χ1) is 9.91. The average Bonchev–Trinajstić information content (AvgIpc) is 2.85. The maximum Gasteiger partial charge on any atom is 0.407 e. The van der Waals surface area contributed by atoms with Gasteiger partial charge in [-0.2, -0.15) is 0 Å². The molecule has 7 heteroatoms. The van der Waals surface area contributed by atoms with Crippen LogP contribution in [0.3, 0.4) is 0 Å². The zero-order valence-corrected chi connectivity index (χ0v) is 11.1. The number of hydrogen-bond donors (Lipinski definition) is 3. The van der Waals surface area contributed by atoms with Crippen molar-refractivity contribution >= 4 is 23.7 Å². The van der Waals surface area contributed by atoms with Crippen LogP contribution in [0.25, 0.3) is 0 Å². The second-order valence-electron chi connectivity index (χ2n) is 5.54. The van der Waals surface area contributed by atoms with Crippen LogP contribution in [0.5, 0.6) is 0 Å². The van der Waals surface area contributed by atoms with E-state index < -0.39 is 17.5 Å². The Morgan fingerprint density at radius 3 is 2.67 bits per heavy atom. The molecule has 0 aromatic heterocycles. The molecule has 110 valence electrons. The van der Waals surface area contributed by atoms with Crippen molar-refractivity contribution in [3.8, 4) is 0 Å². The van der Waals surface area contributed by atoms with Crippen molar-refractivity contribution in [2.75, 3.05) is 18.4 Å². The Morgan fingerprint density at radius 1 is 1.29 bits per heavy atom. The number of carboxylic acid groups (broad SMARTS) is 2. The van der Waals surface area contributed by atoms with E-state index in [9.17, 15) is 14.4 Å². The summed E-state index contributed by atoms with van der Waals surface area (Å²) in [7, 11) is 0. The number of anilines is 1. The second-order valence-corrected chi connectivity index (χ2v) is 5.54. The normalized spacial score (nSPS) is 23.8. The first-order valence-electron chi connectivity index (χ1n) is 6.57. The summed E-state index contributed by atoms with van der Waals surface area (Å²) in [6, 6.07) is 4.62. The molecule has 0 saturated carbocycles. The van der Waals surface area contributed by atoms with Crippen LogP contribution in [0.4, 0.5) is 10.5 Å².